The van der Waals surface area contributed by atoms with Gasteiger partial charge in [0.05, 0.1) is 11.2 Å². The maximum absolute atomic E-state index is 10.8. The van der Waals surface area contributed by atoms with E-state index in [4.69, 9.17) is 10.8 Å². The van der Waals surface area contributed by atoms with E-state index in [-0.39, 0.29) is 0 Å². The van der Waals surface area contributed by atoms with E-state index in [2.05, 4.69) is 4.98 Å². The first-order valence-corrected chi connectivity index (χ1v) is 4.94. The molecule has 0 aliphatic carbocycles. The lowest BCUT2D eigenvalue weighted by molar-refractivity contribution is -0.138. The van der Waals surface area contributed by atoms with Gasteiger partial charge in [0.15, 0.2) is 0 Å². The lowest BCUT2D eigenvalue weighted by Gasteiger charge is -2.07. The summed E-state index contributed by atoms with van der Waals surface area (Å²) in [5.74, 6) is -0.152. The number of pyridine rings is 1. The molecule has 5 heteroatoms. The van der Waals surface area contributed by atoms with Crippen LogP contribution in [0.15, 0.2) is 18.3 Å². The first kappa shape index (κ1) is 10.6. The van der Waals surface area contributed by atoms with E-state index in [1.54, 1.807) is 18.3 Å². The molecule has 0 aliphatic heterocycles. The average Bonchev–Trinajstić information content (AvgIpc) is 2.53. The van der Waals surface area contributed by atoms with Crippen LogP contribution in [0.2, 0.25) is 0 Å². The van der Waals surface area contributed by atoms with Crippen LogP contribution >= 0.6 is 0 Å². The fourth-order valence-electron chi connectivity index (χ4n) is 1.77. The Morgan fingerprint density at radius 3 is 2.88 bits per heavy atom. The molecular weight excluding hydrogens is 206 g/mol. The number of hydrogen-bond donors (Lipinski definition) is 2. The van der Waals surface area contributed by atoms with Gasteiger partial charge in [0, 0.05) is 6.20 Å². The van der Waals surface area contributed by atoms with Crippen LogP contribution in [-0.2, 0) is 4.79 Å². The number of imidazole rings is 1. The molecule has 0 aliphatic rings. The summed E-state index contributed by atoms with van der Waals surface area (Å²) in [6.45, 7) is 3.79. The van der Waals surface area contributed by atoms with Crippen molar-refractivity contribution in [3.8, 4) is 0 Å². The van der Waals surface area contributed by atoms with Crippen molar-refractivity contribution in [1.82, 2.24) is 9.38 Å². The van der Waals surface area contributed by atoms with Crippen molar-refractivity contribution in [2.24, 2.45) is 5.73 Å². The van der Waals surface area contributed by atoms with Crippen molar-refractivity contribution in [3.63, 3.8) is 0 Å². The fourth-order valence-corrected chi connectivity index (χ4v) is 1.77. The van der Waals surface area contributed by atoms with Crippen molar-refractivity contribution in [2.75, 3.05) is 0 Å². The number of nitrogens with zero attached hydrogens (tertiary/aromatic N) is 2. The first-order valence-electron chi connectivity index (χ1n) is 4.94. The number of carboxylic acid groups (broad SMARTS) is 1. The van der Waals surface area contributed by atoms with Gasteiger partial charge in [0.25, 0.3) is 0 Å². The van der Waals surface area contributed by atoms with Gasteiger partial charge in [-0.2, -0.15) is 0 Å². The molecule has 1 atom stereocenters. The van der Waals surface area contributed by atoms with Gasteiger partial charge in [-0.25, -0.2) is 4.98 Å². The Labute approximate surface area is 92.5 Å². The highest BCUT2D eigenvalue weighted by atomic mass is 16.4. The molecule has 0 amide bonds. The SMILES string of the molecule is Cc1nc(C)n2ccc(C(N)C(=O)O)cc12. The monoisotopic (exact) mass is 219 g/mol. The third-order valence-corrected chi connectivity index (χ3v) is 2.65. The Balaban J connectivity index is 2.60. The van der Waals surface area contributed by atoms with Gasteiger partial charge in [-0.1, -0.05) is 0 Å². The lowest BCUT2D eigenvalue weighted by atomic mass is 10.1. The predicted octanol–water partition coefficient (Wildman–Crippen LogP) is 1.04. The fraction of sp³-hybridized carbons (Fsp3) is 0.273. The Kier molecular flexibility index (Phi) is 2.40. The van der Waals surface area contributed by atoms with Crippen LogP contribution in [0.25, 0.3) is 5.52 Å². The van der Waals surface area contributed by atoms with Crippen LogP contribution in [0.5, 0.6) is 0 Å². The molecule has 0 spiro atoms. The smallest absolute Gasteiger partial charge is 0.325 e. The first-order chi connectivity index (χ1) is 7.50. The molecule has 2 aromatic rings. The summed E-state index contributed by atoms with van der Waals surface area (Å²) in [4.78, 5) is 15.1. The molecule has 2 aromatic heterocycles. The van der Waals surface area contributed by atoms with E-state index in [1.807, 2.05) is 18.2 Å². The van der Waals surface area contributed by atoms with E-state index in [1.165, 1.54) is 0 Å². The summed E-state index contributed by atoms with van der Waals surface area (Å²) >= 11 is 0. The molecule has 2 rings (SSSR count). The highest BCUT2D eigenvalue weighted by molar-refractivity contribution is 5.76. The molecule has 1 unspecified atom stereocenters. The van der Waals surface area contributed by atoms with Gasteiger partial charge >= 0.3 is 5.97 Å². The van der Waals surface area contributed by atoms with Crippen molar-refractivity contribution < 1.29 is 9.90 Å². The van der Waals surface area contributed by atoms with Crippen LogP contribution in [-0.4, -0.2) is 20.5 Å². The standard InChI is InChI=1S/C11H13N3O2/c1-6-9-5-8(10(12)11(15)16)3-4-14(9)7(2)13-6/h3-5,10H,12H2,1-2H3,(H,15,16). The summed E-state index contributed by atoms with van der Waals surface area (Å²) in [5, 5.41) is 8.83. The maximum Gasteiger partial charge on any atom is 0.325 e. The van der Waals surface area contributed by atoms with E-state index in [0.717, 1.165) is 17.0 Å². The number of carbonyl (C=O) groups is 1. The van der Waals surface area contributed by atoms with Crippen molar-refractivity contribution in [1.29, 1.82) is 0 Å². The largest absolute Gasteiger partial charge is 0.480 e. The molecule has 0 fully saturated rings. The summed E-state index contributed by atoms with van der Waals surface area (Å²) in [6.07, 6.45) is 1.79. The number of aliphatic carboxylic acids is 1. The topological polar surface area (TPSA) is 80.6 Å². The summed E-state index contributed by atoms with van der Waals surface area (Å²) in [5.41, 5.74) is 7.91. The van der Waals surface area contributed by atoms with E-state index in [9.17, 15) is 4.79 Å². The number of carboxylic acids is 1. The molecule has 0 saturated carbocycles. The zero-order chi connectivity index (χ0) is 11.9. The molecule has 16 heavy (non-hydrogen) atoms. The van der Waals surface area contributed by atoms with Gasteiger partial charge < -0.3 is 15.2 Å². The van der Waals surface area contributed by atoms with Gasteiger partial charge in [-0.15, -0.1) is 0 Å². The van der Waals surface area contributed by atoms with Gasteiger partial charge in [-0.05, 0) is 31.5 Å². The molecule has 2 heterocycles. The maximum atomic E-state index is 10.8. The Hall–Kier alpha value is -1.88. The molecule has 5 nitrogen and oxygen atoms in total. The van der Waals surface area contributed by atoms with Crippen LogP contribution in [0.1, 0.15) is 23.1 Å². The second-order valence-corrected chi connectivity index (χ2v) is 3.78. The van der Waals surface area contributed by atoms with Gasteiger partial charge in [0.1, 0.15) is 11.9 Å². The third kappa shape index (κ3) is 1.55. The summed E-state index contributed by atoms with van der Waals surface area (Å²) < 4.78 is 1.91. The average molecular weight is 219 g/mol. The van der Waals surface area contributed by atoms with Crippen LogP contribution in [0, 0.1) is 13.8 Å². The van der Waals surface area contributed by atoms with Gasteiger partial charge in [0.2, 0.25) is 0 Å². The van der Waals surface area contributed by atoms with Crippen LogP contribution in [0.3, 0.4) is 0 Å². The van der Waals surface area contributed by atoms with E-state index < -0.39 is 12.0 Å². The number of fused-ring (bicyclic) bond motifs is 1. The molecule has 84 valence electrons. The summed E-state index contributed by atoms with van der Waals surface area (Å²) in [6, 6.07) is 2.49. The number of aryl methyl sites for hydroxylation is 2. The highest BCUT2D eigenvalue weighted by Crippen LogP contribution is 2.17. The second kappa shape index (κ2) is 3.61. The number of rotatable bonds is 2. The Morgan fingerprint density at radius 1 is 1.56 bits per heavy atom. The van der Waals surface area contributed by atoms with Crippen molar-refractivity contribution in [2.45, 2.75) is 19.9 Å². The molecule has 3 N–H and O–H groups in total. The summed E-state index contributed by atoms with van der Waals surface area (Å²) in [7, 11) is 0. The third-order valence-electron chi connectivity index (χ3n) is 2.65. The minimum atomic E-state index is -1.03. The highest BCUT2D eigenvalue weighted by Gasteiger charge is 2.15. The quantitative estimate of drug-likeness (QED) is 0.790. The predicted molar refractivity (Wildman–Crippen MR) is 59.2 cm³/mol. The Morgan fingerprint density at radius 2 is 2.25 bits per heavy atom. The lowest BCUT2D eigenvalue weighted by Crippen LogP contribution is -2.20. The molecular formula is C11H13N3O2. The second-order valence-electron chi connectivity index (χ2n) is 3.78. The molecule has 0 aromatic carbocycles. The van der Waals surface area contributed by atoms with Crippen LogP contribution in [0.4, 0.5) is 0 Å². The van der Waals surface area contributed by atoms with E-state index in [0.29, 0.717) is 5.56 Å². The minimum Gasteiger partial charge on any atom is -0.480 e. The van der Waals surface area contributed by atoms with Crippen molar-refractivity contribution in [3.05, 3.63) is 35.4 Å². The van der Waals surface area contributed by atoms with Crippen LogP contribution < -0.4 is 5.73 Å². The normalized spacial score (nSPS) is 12.9. The van der Waals surface area contributed by atoms with Crippen molar-refractivity contribution >= 4 is 11.5 Å². The zero-order valence-corrected chi connectivity index (χ0v) is 9.14. The Bertz CT molecular complexity index is 560. The number of aromatic nitrogens is 2. The van der Waals surface area contributed by atoms with E-state index >= 15 is 0 Å². The van der Waals surface area contributed by atoms with Gasteiger partial charge in [-0.3, -0.25) is 4.79 Å². The molecule has 0 bridgehead atoms. The number of hydrogen-bond acceptors (Lipinski definition) is 3. The zero-order valence-electron chi connectivity index (χ0n) is 9.14. The number of nitrogens with two attached hydrogens (primary N) is 1. The molecule has 0 saturated heterocycles. The molecule has 0 radical (unpaired) electrons. The minimum absolute atomic E-state index is 0.586.